The third-order valence-electron chi connectivity index (χ3n) is 3.85. The maximum Gasteiger partial charge on any atom is 0.299 e. The molecule has 0 atom stereocenters. The minimum Gasteiger partial charge on any atom is -0.304 e. The number of hydrogen-bond donors (Lipinski definition) is 0. The van der Waals surface area contributed by atoms with Gasteiger partial charge >= 0.3 is 0 Å². The lowest BCUT2D eigenvalue weighted by atomic mass is 10.1. The predicted octanol–water partition coefficient (Wildman–Crippen LogP) is 3.17. The van der Waals surface area contributed by atoms with Gasteiger partial charge in [-0.15, -0.1) is 0 Å². The fourth-order valence-corrected chi connectivity index (χ4v) is 3.27. The average Bonchev–Trinajstić information content (AvgIpc) is 2.94. The van der Waals surface area contributed by atoms with Gasteiger partial charge in [0.1, 0.15) is 0 Å². The molecule has 1 aliphatic heterocycles. The zero-order valence-electron chi connectivity index (χ0n) is 9.99. The molecule has 0 unspecified atom stereocenters. The maximum absolute atomic E-state index is 12.0. The molecule has 1 aliphatic carbocycles. The highest BCUT2D eigenvalue weighted by Crippen LogP contribution is 2.34. The summed E-state index contributed by atoms with van der Waals surface area (Å²) in [6.45, 7) is 0.694. The van der Waals surface area contributed by atoms with Crippen LogP contribution in [0, 0.1) is 5.92 Å². The predicted molar refractivity (Wildman–Crippen MR) is 72.8 cm³/mol. The molecular formula is C14H14BrNO2. The number of amides is 1. The van der Waals surface area contributed by atoms with E-state index in [1.54, 1.807) is 11.0 Å². The Balaban J connectivity index is 1.91. The number of ketones is 1. The van der Waals surface area contributed by atoms with E-state index in [2.05, 4.69) is 15.9 Å². The summed E-state index contributed by atoms with van der Waals surface area (Å²) in [6.07, 6.45) is 4.83. The highest BCUT2D eigenvalue weighted by Gasteiger charge is 2.37. The van der Waals surface area contributed by atoms with Crippen molar-refractivity contribution in [3.63, 3.8) is 0 Å². The summed E-state index contributed by atoms with van der Waals surface area (Å²) < 4.78 is 0.838. The van der Waals surface area contributed by atoms with E-state index in [4.69, 9.17) is 0 Å². The Hall–Kier alpha value is -1.16. The highest BCUT2D eigenvalue weighted by atomic mass is 79.9. The van der Waals surface area contributed by atoms with Crippen LogP contribution in [0.25, 0.3) is 0 Å². The molecule has 1 saturated carbocycles. The van der Waals surface area contributed by atoms with E-state index >= 15 is 0 Å². The van der Waals surface area contributed by atoms with Crippen LogP contribution in [0.3, 0.4) is 0 Å². The standard InChI is InChI=1S/C14H14BrNO2/c15-10-5-6-12-11(7-10)13(17)14(18)16(12)8-9-3-1-2-4-9/h5-7,9H,1-4,8H2. The van der Waals surface area contributed by atoms with Crippen molar-refractivity contribution in [2.75, 3.05) is 11.4 Å². The van der Waals surface area contributed by atoms with Crippen molar-refractivity contribution in [1.82, 2.24) is 0 Å². The summed E-state index contributed by atoms with van der Waals surface area (Å²) >= 11 is 3.34. The van der Waals surface area contributed by atoms with Crippen LogP contribution in [0.4, 0.5) is 5.69 Å². The number of rotatable bonds is 2. The lowest BCUT2D eigenvalue weighted by Crippen LogP contribution is -2.33. The molecule has 1 aromatic rings. The molecule has 1 amide bonds. The summed E-state index contributed by atoms with van der Waals surface area (Å²) in [5, 5.41) is 0. The second-order valence-corrected chi connectivity index (χ2v) is 5.97. The molecule has 0 spiro atoms. The summed E-state index contributed by atoms with van der Waals surface area (Å²) in [5.74, 6) is -0.185. The van der Waals surface area contributed by atoms with E-state index in [1.807, 2.05) is 12.1 Å². The van der Waals surface area contributed by atoms with Crippen molar-refractivity contribution in [1.29, 1.82) is 0 Å². The lowest BCUT2D eigenvalue weighted by molar-refractivity contribution is -0.114. The van der Waals surface area contributed by atoms with Crippen LogP contribution in [-0.2, 0) is 4.79 Å². The van der Waals surface area contributed by atoms with E-state index in [0.29, 0.717) is 18.0 Å². The molecule has 0 saturated heterocycles. The van der Waals surface area contributed by atoms with E-state index in [0.717, 1.165) is 10.2 Å². The average molecular weight is 308 g/mol. The molecule has 3 rings (SSSR count). The highest BCUT2D eigenvalue weighted by molar-refractivity contribution is 9.10. The molecule has 1 aromatic carbocycles. The first kappa shape index (κ1) is 11.9. The number of carbonyl (C=O) groups is 2. The number of benzene rings is 1. The smallest absolute Gasteiger partial charge is 0.299 e. The molecule has 2 aliphatic rings. The monoisotopic (exact) mass is 307 g/mol. The summed E-state index contributed by atoms with van der Waals surface area (Å²) in [6, 6.07) is 5.48. The quantitative estimate of drug-likeness (QED) is 0.787. The largest absolute Gasteiger partial charge is 0.304 e. The second-order valence-electron chi connectivity index (χ2n) is 5.06. The van der Waals surface area contributed by atoms with Crippen LogP contribution < -0.4 is 4.90 Å². The zero-order chi connectivity index (χ0) is 12.7. The Kier molecular flexibility index (Phi) is 2.98. The third-order valence-corrected chi connectivity index (χ3v) is 4.34. The van der Waals surface area contributed by atoms with Gasteiger partial charge in [-0.2, -0.15) is 0 Å². The van der Waals surface area contributed by atoms with E-state index < -0.39 is 0 Å². The molecular weight excluding hydrogens is 294 g/mol. The molecule has 3 nitrogen and oxygen atoms in total. The summed E-state index contributed by atoms with van der Waals surface area (Å²) in [4.78, 5) is 25.6. The van der Waals surface area contributed by atoms with Gasteiger partial charge in [-0.1, -0.05) is 28.8 Å². The molecule has 1 fully saturated rings. The minimum absolute atomic E-state index is 0.366. The fourth-order valence-electron chi connectivity index (χ4n) is 2.91. The van der Waals surface area contributed by atoms with Crippen molar-refractivity contribution in [2.45, 2.75) is 25.7 Å². The van der Waals surface area contributed by atoms with Crippen molar-refractivity contribution in [2.24, 2.45) is 5.92 Å². The van der Waals surface area contributed by atoms with Gasteiger partial charge in [-0.05, 0) is 37.0 Å². The van der Waals surface area contributed by atoms with Crippen molar-refractivity contribution in [3.8, 4) is 0 Å². The summed E-state index contributed by atoms with van der Waals surface area (Å²) in [5.41, 5.74) is 1.31. The molecule has 0 N–H and O–H groups in total. The molecule has 0 radical (unpaired) electrons. The van der Waals surface area contributed by atoms with Crippen LogP contribution >= 0.6 is 15.9 Å². The SMILES string of the molecule is O=C1C(=O)N(CC2CCCC2)c2ccc(Br)cc21. The van der Waals surface area contributed by atoms with Gasteiger partial charge in [0.25, 0.3) is 11.7 Å². The Labute approximate surface area is 114 Å². The van der Waals surface area contributed by atoms with Gasteiger partial charge in [0, 0.05) is 11.0 Å². The number of carbonyl (C=O) groups excluding carboxylic acids is 2. The summed E-state index contributed by atoms with van der Waals surface area (Å²) in [7, 11) is 0. The second kappa shape index (κ2) is 4.50. The number of anilines is 1. The topological polar surface area (TPSA) is 37.4 Å². The minimum atomic E-state index is -0.371. The van der Waals surface area contributed by atoms with Crippen LogP contribution in [-0.4, -0.2) is 18.2 Å². The van der Waals surface area contributed by atoms with Crippen LogP contribution in [0.5, 0.6) is 0 Å². The van der Waals surface area contributed by atoms with Gasteiger partial charge in [0.2, 0.25) is 0 Å². The number of nitrogens with zero attached hydrogens (tertiary/aromatic N) is 1. The van der Waals surface area contributed by atoms with E-state index in [9.17, 15) is 9.59 Å². The molecule has 94 valence electrons. The first-order valence-corrected chi connectivity index (χ1v) is 7.12. The number of Topliss-reactive ketones (excluding diaryl/α,β-unsaturated/α-hetero) is 1. The molecule has 4 heteroatoms. The van der Waals surface area contributed by atoms with E-state index in [-0.39, 0.29) is 11.7 Å². The normalized spacial score (nSPS) is 19.7. The van der Waals surface area contributed by atoms with Gasteiger partial charge in [-0.25, -0.2) is 0 Å². The Morgan fingerprint density at radius 2 is 1.94 bits per heavy atom. The Morgan fingerprint density at radius 3 is 2.67 bits per heavy atom. The van der Waals surface area contributed by atoms with Crippen molar-refractivity contribution < 1.29 is 9.59 Å². The molecule has 0 aromatic heterocycles. The third kappa shape index (κ3) is 1.88. The van der Waals surface area contributed by atoms with Gasteiger partial charge in [0.15, 0.2) is 0 Å². The van der Waals surface area contributed by atoms with Gasteiger partial charge in [0.05, 0.1) is 11.3 Å². The van der Waals surface area contributed by atoms with Crippen LogP contribution in [0.1, 0.15) is 36.0 Å². The number of halogens is 1. The molecule has 18 heavy (non-hydrogen) atoms. The molecule has 0 bridgehead atoms. The van der Waals surface area contributed by atoms with Gasteiger partial charge in [-0.3, -0.25) is 9.59 Å². The van der Waals surface area contributed by atoms with Crippen LogP contribution in [0.2, 0.25) is 0 Å². The van der Waals surface area contributed by atoms with Crippen molar-refractivity contribution >= 4 is 33.3 Å². The Morgan fingerprint density at radius 1 is 1.22 bits per heavy atom. The fraction of sp³-hybridized carbons (Fsp3) is 0.429. The number of hydrogen-bond acceptors (Lipinski definition) is 2. The lowest BCUT2D eigenvalue weighted by Gasteiger charge is -2.20. The van der Waals surface area contributed by atoms with Crippen molar-refractivity contribution in [3.05, 3.63) is 28.2 Å². The molecule has 1 heterocycles. The number of fused-ring (bicyclic) bond motifs is 1. The van der Waals surface area contributed by atoms with Crippen LogP contribution in [0.15, 0.2) is 22.7 Å². The van der Waals surface area contributed by atoms with Gasteiger partial charge < -0.3 is 4.90 Å². The Bertz CT molecular complexity index is 521. The first-order valence-electron chi connectivity index (χ1n) is 6.32. The van der Waals surface area contributed by atoms with E-state index in [1.165, 1.54) is 25.7 Å². The zero-order valence-corrected chi connectivity index (χ0v) is 11.6. The maximum atomic E-state index is 12.0. The first-order chi connectivity index (χ1) is 8.66.